The van der Waals surface area contributed by atoms with Crippen molar-refractivity contribution in [3.05, 3.63) is 188 Å². The van der Waals surface area contributed by atoms with E-state index in [1.807, 2.05) is 30.3 Å². The summed E-state index contributed by atoms with van der Waals surface area (Å²) in [6.07, 6.45) is 0. The average molecular weight is 654 g/mol. The Labute approximate surface area is 295 Å². The highest BCUT2D eigenvalue weighted by molar-refractivity contribution is 6.11. The summed E-state index contributed by atoms with van der Waals surface area (Å²) in [5.41, 5.74) is 11.5. The van der Waals surface area contributed by atoms with Gasteiger partial charge in [0.1, 0.15) is 5.52 Å². The molecule has 0 bridgehead atoms. The normalized spacial score (nSPS) is 11.5. The molecule has 8 aromatic carbocycles. The summed E-state index contributed by atoms with van der Waals surface area (Å²) in [6.45, 7) is 0. The number of rotatable bonds is 6. The lowest BCUT2D eigenvalue weighted by Crippen LogP contribution is -2.10. The van der Waals surface area contributed by atoms with Crippen LogP contribution in [0, 0.1) is 0 Å². The van der Waals surface area contributed by atoms with E-state index in [0.717, 1.165) is 61.3 Å². The number of hydrogen-bond donors (Lipinski definition) is 0. The molecule has 10 aromatic rings. The first-order valence-corrected chi connectivity index (χ1v) is 17.2. The molecule has 0 saturated carbocycles. The quantitative estimate of drug-likeness (QED) is 0.179. The summed E-state index contributed by atoms with van der Waals surface area (Å²) in [7, 11) is 0. The third-order valence-electron chi connectivity index (χ3n) is 9.81. The molecule has 0 spiro atoms. The Hall–Kier alpha value is -6.91. The average Bonchev–Trinajstić information content (AvgIpc) is 3.80. The number of hydrogen-bond acceptors (Lipinski definition) is 3. The molecule has 51 heavy (non-hydrogen) atoms. The predicted octanol–water partition coefficient (Wildman–Crippen LogP) is 12.9. The van der Waals surface area contributed by atoms with Crippen molar-refractivity contribution in [2.24, 2.45) is 0 Å². The molecule has 240 valence electrons. The molecular weight excluding hydrogens is 623 g/mol. The first-order chi connectivity index (χ1) is 25.3. The van der Waals surface area contributed by atoms with E-state index in [1.165, 1.54) is 21.8 Å². The summed E-state index contributed by atoms with van der Waals surface area (Å²) in [5, 5.41) is 4.73. The maximum Gasteiger partial charge on any atom is 0.227 e. The van der Waals surface area contributed by atoms with E-state index in [2.05, 4.69) is 167 Å². The summed E-state index contributed by atoms with van der Waals surface area (Å²) < 4.78 is 8.89. The highest BCUT2D eigenvalue weighted by Crippen LogP contribution is 2.40. The topological polar surface area (TPSA) is 34.2 Å². The van der Waals surface area contributed by atoms with Crippen LogP contribution in [0.4, 0.5) is 17.1 Å². The zero-order chi connectivity index (χ0) is 33.7. The molecule has 10 rings (SSSR count). The van der Waals surface area contributed by atoms with Crippen molar-refractivity contribution in [2.45, 2.75) is 0 Å². The van der Waals surface area contributed by atoms with E-state index >= 15 is 0 Å². The van der Waals surface area contributed by atoms with E-state index in [4.69, 9.17) is 9.40 Å². The van der Waals surface area contributed by atoms with Crippen LogP contribution in [0.25, 0.3) is 71.9 Å². The van der Waals surface area contributed by atoms with Gasteiger partial charge in [-0.2, -0.15) is 0 Å². The molecule has 2 aromatic heterocycles. The number of para-hydroxylation sites is 3. The molecule has 2 heterocycles. The van der Waals surface area contributed by atoms with Gasteiger partial charge in [-0.15, -0.1) is 0 Å². The third kappa shape index (κ3) is 4.88. The van der Waals surface area contributed by atoms with Gasteiger partial charge in [0, 0.05) is 50.0 Å². The number of benzene rings is 8. The molecule has 0 unspecified atom stereocenters. The zero-order valence-electron chi connectivity index (χ0n) is 27.6. The molecule has 0 N–H and O–H groups in total. The van der Waals surface area contributed by atoms with Crippen LogP contribution in [0.5, 0.6) is 0 Å². The van der Waals surface area contributed by atoms with Crippen molar-refractivity contribution < 1.29 is 4.42 Å². The lowest BCUT2D eigenvalue weighted by atomic mass is 9.99. The third-order valence-corrected chi connectivity index (χ3v) is 9.81. The van der Waals surface area contributed by atoms with Crippen molar-refractivity contribution >= 4 is 60.7 Å². The predicted molar refractivity (Wildman–Crippen MR) is 211 cm³/mol. The van der Waals surface area contributed by atoms with Gasteiger partial charge in [0.15, 0.2) is 5.58 Å². The lowest BCUT2D eigenvalue weighted by molar-refractivity contribution is 0.621. The van der Waals surface area contributed by atoms with E-state index in [1.54, 1.807) is 0 Å². The second-order valence-corrected chi connectivity index (χ2v) is 12.8. The number of fused-ring (bicyclic) bond motifs is 6. The van der Waals surface area contributed by atoms with Crippen LogP contribution in [-0.2, 0) is 0 Å². The second kappa shape index (κ2) is 11.9. The van der Waals surface area contributed by atoms with E-state index in [-0.39, 0.29) is 0 Å². The number of anilines is 3. The van der Waals surface area contributed by atoms with E-state index < -0.39 is 0 Å². The molecule has 0 radical (unpaired) electrons. The molecule has 0 aliphatic heterocycles. The van der Waals surface area contributed by atoms with Crippen LogP contribution in [-0.4, -0.2) is 9.55 Å². The second-order valence-electron chi connectivity index (χ2n) is 12.8. The van der Waals surface area contributed by atoms with Gasteiger partial charge >= 0.3 is 0 Å². The Balaban J connectivity index is 1.07. The lowest BCUT2D eigenvalue weighted by Gasteiger charge is -2.26. The monoisotopic (exact) mass is 653 g/mol. The fourth-order valence-electron chi connectivity index (χ4n) is 7.43. The van der Waals surface area contributed by atoms with Crippen LogP contribution >= 0.6 is 0 Å². The maximum absolute atomic E-state index is 6.54. The maximum atomic E-state index is 6.54. The molecule has 0 atom stereocenters. The highest BCUT2D eigenvalue weighted by Gasteiger charge is 2.19. The minimum atomic E-state index is 0.624. The van der Waals surface area contributed by atoms with E-state index in [0.29, 0.717) is 5.89 Å². The Morgan fingerprint density at radius 2 is 0.980 bits per heavy atom. The van der Waals surface area contributed by atoms with Crippen LogP contribution < -0.4 is 4.90 Å². The standard InChI is InChI=1S/C47H31N3O/c1-3-13-33(14-4-1)47-48-45-39-18-8-7-15-34(39)31-42(46(45)51-47)32-23-25-36(26-24-32)49(35-16-5-2-6-17-35)37-27-29-38(30-28-37)50-43-21-11-9-19-40(43)41-20-10-12-22-44(41)50/h1-31H. The SMILES string of the molecule is c1ccc(-c2nc3c(o2)c(-c2ccc(N(c4ccccc4)c4ccc(-n5c6ccccc6c6ccccc65)cc4)cc2)cc2ccccc23)cc1. The molecule has 0 fully saturated rings. The van der Waals surface area contributed by atoms with Crippen molar-refractivity contribution in [1.82, 2.24) is 9.55 Å². The Morgan fingerprint density at radius 1 is 0.451 bits per heavy atom. The molecule has 4 heteroatoms. The molecule has 0 saturated heterocycles. The van der Waals surface area contributed by atoms with Crippen LogP contribution in [0.15, 0.2) is 192 Å². The van der Waals surface area contributed by atoms with Crippen molar-refractivity contribution in [3.63, 3.8) is 0 Å². The molecule has 0 aliphatic rings. The molecular formula is C47H31N3O. The van der Waals surface area contributed by atoms with Gasteiger partial charge in [-0.05, 0) is 89.8 Å². The van der Waals surface area contributed by atoms with Crippen molar-refractivity contribution in [3.8, 4) is 28.3 Å². The first kappa shape index (κ1) is 29.0. The first-order valence-electron chi connectivity index (χ1n) is 17.2. The van der Waals surface area contributed by atoms with Crippen molar-refractivity contribution in [2.75, 3.05) is 4.90 Å². The van der Waals surface area contributed by atoms with Crippen molar-refractivity contribution in [1.29, 1.82) is 0 Å². The van der Waals surface area contributed by atoms with Gasteiger partial charge < -0.3 is 13.9 Å². The van der Waals surface area contributed by atoms with Gasteiger partial charge in [-0.25, -0.2) is 4.98 Å². The Bertz CT molecular complexity index is 2780. The summed E-state index contributed by atoms with van der Waals surface area (Å²) in [6, 6.07) is 66.1. The van der Waals surface area contributed by atoms with Gasteiger partial charge in [0.25, 0.3) is 0 Å². The minimum absolute atomic E-state index is 0.624. The van der Waals surface area contributed by atoms with Gasteiger partial charge in [0.2, 0.25) is 5.89 Å². The van der Waals surface area contributed by atoms with Gasteiger partial charge in [-0.1, -0.05) is 109 Å². The fraction of sp³-hybridized carbons (Fsp3) is 0. The van der Waals surface area contributed by atoms with E-state index in [9.17, 15) is 0 Å². The minimum Gasteiger partial charge on any atom is -0.435 e. The largest absolute Gasteiger partial charge is 0.435 e. The zero-order valence-corrected chi connectivity index (χ0v) is 27.6. The fourth-order valence-corrected chi connectivity index (χ4v) is 7.43. The van der Waals surface area contributed by atoms with Crippen LogP contribution in [0.2, 0.25) is 0 Å². The molecule has 4 nitrogen and oxygen atoms in total. The van der Waals surface area contributed by atoms with Gasteiger partial charge in [0.05, 0.1) is 11.0 Å². The summed E-state index contributed by atoms with van der Waals surface area (Å²) >= 11 is 0. The number of nitrogens with zero attached hydrogens (tertiary/aromatic N) is 3. The number of oxazole rings is 1. The smallest absolute Gasteiger partial charge is 0.227 e. The van der Waals surface area contributed by atoms with Crippen LogP contribution in [0.1, 0.15) is 0 Å². The Morgan fingerprint density at radius 3 is 1.65 bits per heavy atom. The summed E-state index contributed by atoms with van der Waals surface area (Å²) in [5.74, 6) is 0.624. The Kier molecular flexibility index (Phi) is 6.78. The molecule has 0 amide bonds. The van der Waals surface area contributed by atoms with Crippen LogP contribution in [0.3, 0.4) is 0 Å². The summed E-state index contributed by atoms with van der Waals surface area (Å²) in [4.78, 5) is 7.31. The molecule has 0 aliphatic carbocycles. The number of aromatic nitrogens is 2. The highest BCUT2D eigenvalue weighted by atomic mass is 16.3. The van der Waals surface area contributed by atoms with Gasteiger partial charge in [-0.3, -0.25) is 0 Å².